The van der Waals surface area contributed by atoms with Gasteiger partial charge in [-0.1, -0.05) is 54.1 Å². The van der Waals surface area contributed by atoms with Gasteiger partial charge in [0.05, 0.1) is 0 Å². The summed E-state index contributed by atoms with van der Waals surface area (Å²) < 4.78 is 6.03. The van der Waals surface area contributed by atoms with Gasteiger partial charge in [-0.05, 0) is 35.9 Å². The summed E-state index contributed by atoms with van der Waals surface area (Å²) in [5.74, 6) is 0.630. The van der Waals surface area contributed by atoms with Gasteiger partial charge in [0.2, 0.25) is 5.89 Å². The number of rotatable bonds is 2. The Bertz CT molecular complexity index is 944. The Hall–Kier alpha value is -2.58. The lowest BCUT2D eigenvalue weighted by Gasteiger charge is -2.02. The van der Waals surface area contributed by atoms with Crippen LogP contribution in [0.25, 0.3) is 33.7 Å². The number of aromatic nitrogens is 1. The molecule has 0 atom stereocenters. The van der Waals surface area contributed by atoms with Gasteiger partial charge in [0, 0.05) is 16.1 Å². The smallest absolute Gasteiger partial charge is 0.227 e. The first kappa shape index (κ1) is 13.1. The predicted molar refractivity (Wildman–Crippen MR) is 89.9 cm³/mol. The molecule has 0 aliphatic carbocycles. The summed E-state index contributed by atoms with van der Waals surface area (Å²) in [5, 5.41) is 0.706. The van der Waals surface area contributed by atoms with Crippen LogP contribution in [0.2, 0.25) is 5.02 Å². The van der Waals surface area contributed by atoms with Crippen molar-refractivity contribution in [3.05, 3.63) is 77.8 Å². The minimum absolute atomic E-state index is 0.630. The molecule has 0 unspecified atom stereocenters. The van der Waals surface area contributed by atoms with Crippen LogP contribution in [-0.2, 0) is 0 Å². The Morgan fingerprint density at radius 1 is 0.773 bits per heavy atom. The highest BCUT2D eigenvalue weighted by atomic mass is 35.5. The van der Waals surface area contributed by atoms with Crippen molar-refractivity contribution < 1.29 is 4.42 Å². The van der Waals surface area contributed by atoms with E-state index in [1.165, 1.54) is 0 Å². The molecule has 0 aliphatic heterocycles. The molecular weight excluding hydrogens is 294 g/mol. The number of oxazole rings is 1. The molecule has 0 bridgehead atoms. The number of halogens is 1. The van der Waals surface area contributed by atoms with Gasteiger partial charge >= 0.3 is 0 Å². The average Bonchev–Trinajstić information content (AvgIpc) is 3.00. The van der Waals surface area contributed by atoms with E-state index in [0.717, 1.165) is 27.8 Å². The highest BCUT2D eigenvalue weighted by molar-refractivity contribution is 6.30. The number of fused-ring (bicyclic) bond motifs is 1. The van der Waals surface area contributed by atoms with Crippen molar-refractivity contribution in [2.24, 2.45) is 0 Å². The fourth-order valence-electron chi connectivity index (χ4n) is 2.54. The molecule has 4 rings (SSSR count). The normalized spacial score (nSPS) is 11.0. The Balaban J connectivity index is 1.92. The molecule has 3 heteroatoms. The lowest BCUT2D eigenvalue weighted by atomic mass is 10.1. The fraction of sp³-hybridized carbons (Fsp3) is 0. The van der Waals surface area contributed by atoms with Crippen molar-refractivity contribution in [1.82, 2.24) is 4.98 Å². The lowest BCUT2D eigenvalue weighted by Crippen LogP contribution is -1.78. The third-order valence-electron chi connectivity index (χ3n) is 3.57. The first-order chi connectivity index (χ1) is 10.8. The molecule has 0 aliphatic rings. The highest BCUT2D eigenvalue weighted by Gasteiger charge is 2.12. The molecule has 4 aromatic rings. The third kappa shape index (κ3) is 2.28. The van der Waals surface area contributed by atoms with Gasteiger partial charge < -0.3 is 4.42 Å². The number of hydrogen-bond donors (Lipinski definition) is 0. The van der Waals surface area contributed by atoms with Crippen LogP contribution in [0.1, 0.15) is 0 Å². The van der Waals surface area contributed by atoms with Gasteiger partial charge in [-0.3, -0.25) is 0 Å². The average molecular weight is 306 g/mol. The largest absolute Gasteiger partial charge is 0.435 e. The molecule has 0 saturated heterocycles. The van der Waals surface area contributed by atoms with Gasteiger partial charge in [-0.15, -0.1) is 0 Å². The SMILES string of the molecule is Clc1cccc(-c2cccc3nc(-c4ccccc4)oc23)c1. The molecule has 2 nitrogen and oxygen atoms in total. The molecule has 0 radical (unpaired) electrons. The monoisotopic (exact) mass is 305 g/mol. The second-order valence-corrected chi connectivity index (χ2v) is 5.49. The number of benzene rings is 3. The van der Waals surface area contributed by atoms with Crippen LogP contribution in [0.3, 0.4) is 0 Å². The minimum atomic E-state index is 0.630. The topological polar surface area (TPSA) is 26.0 Å². The predicted octanol–water partition coefficient (Wildman–Crippen LogP) is 5.82. The first-order valence-electron chi connectivity index (χ1n) is 7.02. The summed E-state index contributed by atoms with van der Waals surface area (Å²) in [6, 6.07) is 23.6. The zero-order valence-corrected chi connectivity index (χ0v) is 12.4. The van der Waals surface area contributed by atoms with Crippen LogP contribution in [0.15, 0.2) is 77.2 Å². The maximum absolute atomic E-state index is 6.10. The Labute approximate surface area is 133 Å². The summed E-state index contributed by atoms with van der Waals surface area (Å²) >= 11 is 6.10. The summed E-state index contributed by atoms with van der Waals surface area (Å²) in [5.41, 5.74) is 4.61. The third-order valence-corrected chi connectivity index (χ3v) is 3.81. The van der Waals surface area contributed by atoms with E-state index in [1.54, 1.807) is 0 Å². The molecule has 0 amide bonds. The van der Waals surface area contributed by atoms with Crippen LogP contribution < -0.4 is 0 Å². The van der Waals surface area contributed by atoms with Crippen LogP contribution in [0.5, 0.6) is 0 Å². The van der Waals surface area contributed by atoms with Crippen LogP contribution in [0, 0.1) is 0 Å². The second-order valence-electron chi connectivity index (χ2n) is 5.05. The summed E-state index contributed by atoms with van der Waals surface area (Å²) in [6.07, 6.45) is 0. The first-order valence-corrected chi connectivity index (χ1v) is 7.40. The van der Waals surface area contributed by atoms with E-state index in [-0.39, 0.29) is 0 Å². The maximum Gasteiger partial charge on any atom is 0.227 e. The zero-order chi connectivity index (χ0) is 14.9. The molecular formula is C19H12ClNO. The van der Waals surface area contributed by atoms with Crippen molar-refractivity contribution in [1.29, 1.82) is 0 Å². The summed E-state index contributed by atoms with van der Waals surface area (Å²) in [4.78, 5) is 4.59. The Morgan fingerprint density at radius 2 is 1.55 bits per heavy atom. The summed E-state index contributed by atoms with van der Waals surface area (Å²) in [6.45, 7) is 0. The van der Waals surface area contributed by atoms with Crippen molar-refractivity contribution in [2.75, 3.05) is 0 Å². The van der Waals surface area contributed by atoms with E-state index < -0.39 is 0 Å². The van der Waals surface area contributed by atoms with E-state index in [9.17, 15) is 0 Å². The van der Waals surface area contributed by atoms with Crippen LogP contribution >= 0.6 is 11.6 Å². The van der Waals surface area contributed by atoms with Gasteiger partial charge in [0.15, 0.2) is 5.58 Å². The van der Waals surface area contributed by atoms with Crippen molar-refractivity contribution in [3.8, 4) is 22.6 Å². The lowest BCUT2D eigenvalue weighted by molar-refractivity contribution is 0.621. The number of para-hydroxylation sites is 1. The van der Waals surface area contributed by atoms with Gasteiger partial charge in [-0.25, -0.2) is 4.98 Å². The number of hydrogen-bond acceptors (Lipinski definition) is 2. The van der Waals surface area contributed by atoms with Crippen LogP contribution in [0.4, 0.5) is 0 Å². The molecule has 106 valence electrons. The number of nitrogens with zero attached hydrogens (tertiary/aromatic N) is 1. The maximum atomic E-state index is 6.10. The highest BCUT2D eigenvalue weighted by Crippen LogP contribution is 2.33. The fourth-order valence-corrected chi connectivity index (χ4v) is 2.73. The Morgan fingerprint density at radius 3 is 2.36 bits per heavy atom. The standard InChI is InChI=1S/C19H12ClNO/c20-15-9-4-8-14(12-15)16-10-5-11-17-18(16)22-19(21-17)13-6-2-1-3-7-13/h1-12H. The summed E-state index contributed by atoms with van der Waals surface area (Å²) in [7, 11) is 0. The van der Waals surface area contributed by atoms with E-state index in [0.29, 0.717) is 10.9 Å². The van der Waals surface area contributed by atoms with E-state index in [4.69, 9.17) is 16.0 Å². The second kappa shape index (κ2) is 5.32. The van der Waals surface area contributed by atoms with Gasteiger partial charge in [-0.2, -0.15) is 0 Å². The molecule has 1 heterocycles. The quantitative estimate of drug-likeness (QED) is 0.466. The van der Waals surface area contributed by atoms with Crippen LogP contribution in [-0.4, -0.2) is 4.98 Å². The van der Waals surface area contributed by atoms with E-state index >= 15 is 0 Å². The van der Waals surface area contributed by atoms with Crippen molar-refractivity contribution in [3.63, 3.8) is 0 Å². The molecule has 0 fully saturated rings. The van der Waals surface area contributed by atoms with Gasteiger partial charge in [0.1, 0.15) is 5.52 Å². The van der Waals surface area contributed by atoms with E-state index in [1.807, 2.05) is 72.8 Å². The van der Waals surface area contributed by atoms with E-state index in [2.05, 4.69) is 4.98 Å². The molecule has 0 spiro atoms. The molecule has 3 aromatic carbocycles. The molecule has 0 saturated carbocycles. The molecule has 0 N–H and O–H groups in total. The minimum Gasteiger partial charge on any atom is -0.435 e. The molecule has 22 heavy (non-hydrogen) atoms. The van der Waals surface area contributed by atoms with Crippen molar-refractivity contribution >= 4 is 22.7 Å². The van der Waals surface area contributed by atoms with Crippen molar-refractivity contribution in [2.45, 2.75) is 0 Å². The van der Waals surface area contributed by atoms with Gasteiger partial charge in [0.25, 0.3) is 0 Å². The Kier molecular flexibility index (Phi) is 3.17. The zero-order valence-electron chi connectivity index (χ0n) is 11.7. The molecule has 1 aromatic heterocycles.